The van der Waals surface area contributed by atoms with Gasteiger partial charge in [-0.05, 0) is 0 Å². The van der Waals surface area contributed by atoms with Crippen molar-refractivity contribution in [3.8, 4) is 0 Å². The fourth-order valence-corrected chi connectivity index (χ4v) is 1.55. The molecule has 0 aromatic rings. The number of nitrogens with one attached hydrogen (secondary N) is 1. The first-order chi connectivity index (χ1) is 2.89. The molecule has 2 atom stereocenters. The summed E-state index contributed by atoms with van der Waals surface area (Å²) < 4.78 is 0. The standard InChI is InChI=1S/C3H8NOP/c5-4-2-1-3-6-4/h4,6H,1-3H2. The Hall–Kier alpha value is 0.350. The zero-order valence-corrected chi connectivity index (χ0v) is 4.53. The highest BCUT2D eigenvalue weighted by Gasteiger charge is 2.04. The van der Waals surface area contributed by atoms with Gasteiger partial charge >= 0.3 is 0 Å². The molecule has 1 aliphatic heterocycles. The van der Waals surface area contributed by atoms with E-state index in [1.165, 1.54) is 6.16 Å². The predicted molar refractivity (Wildman–Crippen MR) is 27.0 cm³/mol. The van der Waals surface area contributed by atoms with Crippen molar-refractivity contribution in [2.24, 2.45) is 0 Å². The first-order valence-corrected chi connectivity index (χ1v) is 3.37. The molecule has 0 aromatic heterocycles. The van der Waals surface area contributed by atoms with Gasteiger partial charge in [-0.25, -0.2) is 0 Å². The topological polar surface area (TPSA) is 27.5 Å². The Morgan fingerprint density at radius 3 is 2.67 bits per heavy atom. The minimum Gasteiger partial charge on any atom is -0.633 e. The molecule has 6 heavy (non-hydrogen) atoms. The smallest absolute Gasteiger partial charge is 0.0878 e. The maximum absolute atomic E-state index is 10.3. The van der Waals surface area contributed by atoms with Crippen LogP contribution in [0.1, 0.15) is 6.42 Å². The summed E-state index contributed by atoms with van der Waals surface area (Å²) in [6.07, 6.45) is 2.32. The van der Waals surface area contributed by atoms with Gasteiger partial charge in [-0.15, -0.1) is 0 Å². The van der Waals surface area contributed by atoms with E-state index in [0.29, 0.717) is 13.6 Å². The maximum Gasteiger partial charge on any atom is 0.0878 e. The minimum atomic E-state index is 0.481. The Morgan fingerprint density at radius 2 is 2.50 bits per heavy atom. The monoisotopic (exact) mass is 105 g/mol. The lowest BCUT2D eigenvalue weighted by molar-refractivity contribution is -0.696. The summed E-state index contributed by atoms with van der Waals surface area (Å²) >= 11 is 0. The molecule has 1 aliphatic rings. The summed E-state index contributed by atoms with van der Waals surface area (Å²) in [7, 11) is 0.644. The van der Waals surface area contributed by atoms with Gasteiger partial charge in [0, 0.05) is 12.6 Å². The van der Waals surface area contributed by atoms with Gasteiger partial charge in [0.1, 0.15) is 0 Å². The third-order valence-electron chi connectivity index (χ3n) is 0.903. The quantitative estimate of drug-likeness (QED) is 0.322. The van der Waals surface area contributed by atoms with Gasteiger partial charge in [0.2, 0.25) is 0 Å². The van der Waals surface area contributed by atoms with Gasteiger partial charge in [0.25, 0.3) is 0 Å². The third kappa shape index (κ3) is 0.904. The van der Waals surface area contributed by atoms with Gasteiger partial charge < -0.3 is 10.0 Å². The highest BCUT2D eigenvalue weighted by molar-refractivity contribution is 7.30. The van der Waals surface area contributed by atoms with Crippen LogP contribution >= 0.6 is 8.73 Å². The SMILES string of the molecule is [O-][NH+]1CCCP1. The van der Waals surface area contributed by atoms with Crippen LogP contribution in [0.4, 0.5) is 0 Å². The first-order valence-electron chi connectivity index (χ1n) is 2.16. The summed E-state index contributed by atoms with van der Waals surface area (Å²) in [6, 6.07) is 0. The second-order valence-corrected chi connectivity index (χ2v) is 2.86. The van der Waals surface area contributed by atoms with Crippen LogP contribution < -0.4 is 4.83 Å². The van der Waals surface area contributed by atoms with Crippen molar-refractivity contribution in [3.63, 3.8) is 0 Å². The van der Waals surface area contributed by atoms with Crippen molar-refractivity contribution in [1.82, 2.24) is 0 Å². The van der Waals surface area contributed by atoms with E-state index < -0.39 is 0 Å². The largest absolute Gasteiger partial charge is 0.633 e. The molecular weight excluding hydrogens is 97.0 g/mol. The molecule has 2 nitrogen and oxygen atoms in total. The van der Waals surface area contributed by atoms with Crippen LogP contribution in [0.15, 0.2) is 0 Å². The molecule has 1 heterocycles. The van der Waals surface area contributed by atoms with E-state index in [4.69, 9.17) is 0 Å². The lowest BCUT2D eigenvalue weighted by atomic mass is 10.5. The average Bonchev–Trinajstić information content (AvgIpc) is 1.86. The van der Waals surface area contributed by atoms with E-state index in [1.54, 1.807) is 0 Å². The van der Waals surface area contributed by atoms with Gasteiger partial charge in [-0.1, -0.05) is 0 Å². The molecule has 0 aromatic carbocycles. The van der Waals surface area contributed by atoms with E-state index in [0.717, 1.165) is 13.0 Å². The number of hydroxylamine groups is 1. The number of rotatable bonds is 0. The highest BCUT2D eigenvalue weighted by atomic mass is 31.1. The van der Waals surface area contributed by atoms with Crippen LogP contribution in [-0.2, 0) is 0 Å². The highest BCUT2D eigenvalue weighted by Crippen LogP contribution is 2.03. The molecule has 1 rings (SSSR count). The zero-order valence-electron chi connectivity index (χ0n) is 3.53. The third-order valence-corrected chi connectivity index (χ3v) is 2.15. The van der Waals surface area contributed by atoms with Crippen molar-refractivity contribution in [2.45, 2.75) is 6.42 Å². The van der Waals surface area contributed by atoms with E-state index in [1.807, 2.05) is 0 Å². The molecule has 0 radical (unpaired) electrons. The Bertz CT molecular complexity index is 44.1. The lowest BCUT2D eigenvalue weighted by Crippen LogP contribution is -2.96. The minimum absolute atomic E-state index is 0.481. The van der Waals surface area contributed by atoms with Crippen LogP contribution in [0.25, 0.3) is 0 Å². The molecule has 3 heteroatoms. The van der Waals surface area contributed by atoms with Crippen molar-refractivity contribution < 1.29 is 4.83 Å². The van der Waals surface area contributed by atoms with Crippen LogP contribution in [0.2, 0.25) is 0 Å². The zero-order chi connectivity index (χ0) is 4.41. The Balaban J connectivity index is 2.18. The molecule has 36 valence electrons. The Morgan fingerprint density at radius 1 is 1.67 bits per heavy atom. The lowest BCUT2D eigenvalue weighted by Gasteiger charge is -2.11. The Labute approximate surface area is 38.9 Å². The van der Waals surface area contributed by atoms with E-state index in [-0.39, 0.29) is 0 Å². The molecule has 1 N–H and O–H groups in total. The maximum atomic E-state index is 10.3. The van der Waals surface area contributed by atoms with Crippen molar-refractivity contribution >= 4 is 8.73 Å². The molecule has 0 aliphatic carbocycles. The molecule has 1 saturated heterocycles. The van der Waals surface area contributed by atoms with Crippen LogP contribution in [0.5, 0.6) is 0 Å². The summed E-state index contributed by atoms with van der Waals surface area (Å²) in [5.74, 6) is 0. The Kier molecular flexibility index (Phi) is 1.41. The van der Waals surface area contributed by atoms with E-state index >= 15 is 0 Å². The van der Waals surface area contributed by atoms with E-state index in [2.05, 4.69) is 0 Å². The van der Waals surface area contributed by atoms with E-state index in [9.17, 15) is 5.21 Å². The van der Waals surface area contributed by atoms with Crippen molar-refractivity contribution in [2.75, 3.05) is 12.7 Å². The molecular formula is C3H8NOP. The predicted octanol–water partition coefficient (Wildman–Crippen LogP) is -0.634. The molecule has 0 amide bonds. The molecule has 0 bridgehead atoms. The number of quaternary nitrogens is 1. The van der Waals surface area contributed by atoms with Crippen molar-refractivity contribution in [1.29, 1.82) is 0 Å². The van der Waals surface area contributed by atoms with Gasteiger partial charge in [0.05, 0.1) is 15.3 Å². The fourth-order valence-electron chi connectivity index (χ4n) is 0.565. The van der Waals surface area contributed by atoms with Gasteiger partial charge in [0.15, 0.2) is 0 Å². The first kappa shape index (κ1) is 4.51. The summed E-state index contributed by atoms with van der Waals surface area (Å²) in [5.41, 5.74) is 0. The van der Waals surface area contributed by atoms with Crippen molar-refractivity contribution in [3.05, 3.63) is 5.21 Å². The van der Waals surface area contributed by atoms with Crippen LogP contribution in [0, 0.1) is 5.21 Å². The fraction of sp³-hybridized carbons (Fsp3) is 1.00. The van der Waals surface area contributed by atoms with Crippen LogP contribution in [-0.4, -0.2) is 12.7 Å². The second kappa shape index (κ2) is 1.87. The molecule has 0 saturated carbocycles. The molecule has 1 fully saturated rings. The molecule has 0 spiro atoms. The van der Waals surface area contributed by atoms with Gasteiger partial charge in [-0.3, -0.25) is 0 Å². The second-order valence-electron chi connectivity index (χ2n) is 1.45. The van der Waals surface area contributed by atoms with Crippen LogP contribution in [0.3, 0.4) is 0 Å². The summed E-state index contributed by atoms with van der Waals surface area (Å²) in [6.45, 7) is 0.860. The number of hydrogen-bond donors (Lipinski definition) is 1. The summed E-state index contributed by atoms with van der Waals surface area (Å²) in [5, 5.41) is 10.3. The number of hydrogen-bond acceptors (Lipinski definition) is 1. The normalized spacial score (nSPS) is 38.5. The molecule has 2 unspecified atom stereocenters. The average molecular weight is 105 g/mol. The van der Waals surface area contributed by atoms with Gasteiger partial charge in [-0.2, -0.15) is 0 Å². The summed E-state index contributed by atoms with van der Waals surface area (Å²) in [4.78, 5) is 0.481.